The molecule has 0 radical (unpaired) electrons. The molecular formula is C18H17ClN4O4. The Morgan fingerprint density at radius 1 is 1.22 bits per heavy atom. The first-order valence-electron chi connectivity index (χ1n) is 7.91. The number of halogens is 1. The topological polar surface area (TPSA) is 95.8 Å². The molecule has 140 valence electrons. The van der Waals surface area contributed by atoms with Crippen molar-refractivity contribution < 1.29 is 19.0 Å². The van der Waals surface area contributed by atoms with Crippen LogP contribution in [0, 0.1) is 12.1 Å². The fourth-order valence-corrected chi connectivity index (χ4v) is 2.64. The molecule has 3 rings (SSSR count). The molecule has 0 aliphatic heterocycles. The Morgan fingerprint density at radius 2 is 1.93 bits per heavy atom. The zero-order valence-corrected chi connectivity index (χ0v) is 15.6. The molecule has 0 unspecified atom stereocenters. The molecule has 1 N–H and O–H groups in total. The lowest BCUT2D eigenvalue weighted by molar-refractivity contribution is -0.806. The average molecular weight is 389 g/mol. The number of hydrazone groups is 1. The lowest BCUT2D eigenvalue weighted by Crippen LogP contribution is -2.25. The minimum absolute atomic E-state index is 0.306. The van der Waals surface area contributed by atoms with E-state index in [1.54, 1.807) is 31.3 Å². The zero-order chi connectivity index (χ0) is 19.4. The standard InChI is InChI=1S/C18H17ClN4O4/c1-11-18(22-27-23(11)24)13-8-16(25-2)17(26-3)9-15(13)21-20-10-12-6-4-5-7-14(12)19/h4-10,21H,1-3H3/b20-10+. The van der Waals surface area contributed by atoms with Crippen molar-refractivity contribution in [1.82, 2.24) is 5.16 Å². The highest BCUT2D eigenvalue weighted by Crippen LogP contribution is 2.38. The Bertz CT molecular complexity index is 987. The van der Waals surface area contributed by atoms with Gasteiger partial charge in [0.1, 0.15) is 0 Å². The molecule has 1 heterocycles. The summed E-state index contributed by atoms with van der Waals surface area (Å²) in [6.45, 7) is 1.60. The molecule has 0 saturated carbocycles. The molecule has 0 fully saturated rings. The number of nitrogens with one attached hydrogen (secondary N) is 1. The van der Waals surface area contributed by atoms with Crippen LogP contribution in [0.3, 0.4) is 0 Å². The van der Waals surface area contributed by atoms with Crippen LogP contribution in [-0.2, 0) is 0 Å². The van der Waals surface area contributed by atoms with Crippen LogP contribution >= 0.6 is 11.6 Å². The van der Waals surface area contributed by atoms with Gasteiger partial charge >= 0.3 is 0 Å². The number of nitrogens with zero attached hydrogens (tertiary/aromatic N) is 3. The van der Waals surface area contributed by atoms with E-state index in [2.05, 4.69) is 20.3 Å². The maximum absolute atomic E-state index is 11.6. The van der Waals surface area contributed by atoms with Crippen LogP contribution in [0.4, 0.5) is 5.69 Å². The van der Waals surface area contributed by atoms with E-state index >= 15 is 0 Å². The maximum Gasteiger partial charge on any atom is 0.253 e. The summed E-state index contributed by atoms with van der Waals surface area (Å²) in [5.41, 5.74) is 5.47. The van der Waals surface area contributed by atoms with Gasteiger partial charge in [-0.15, -0.1) is 0 Å². The number of aromatic nitrogens is 2. The van der Waals surface area contributed by atoms with E-state index in [0.29, 0.717) is 44.1 Å². The van der Waals surface area contributed by atoms with Crippen LogP contribution in [-0.4, -0.2) is 25.6 Å². The third-order valence-corrected chi connectivity index (χ3v) is 4.24. The fraction of sp³-hybridized carbons (Fsp3) is 0.167. The molecule has 2 aromatic carbocycles. The number of hydrogen-bond donors (Lipinski definition) is 1. The summed E-state index contributed by atoms with van der Waals surface area (Å²) in [6, 6.07) is 10.7. The van der Waals surface area contributed by atoms with E-state index in [1.807, 2.05) is 18.2 Å². The van der Waals surface area contributed by atoms with Crippen molar-refractivity contribution in [3.05, 3.63) is 57.9 Å². The predicted molar refractivity (Wildman–Crippen MR) is 101 cm³/mol. The summed E-state index contributed by atoms with van der Waals surface area (Å²) in [5, 5.41) is 20.2. The summed E-state index contributed by atoms with van der Waals surface area (Å²) < 4.78 is 15.4. The average Bonchev–Trinajstić information content (AvgIpc) is 3.01. The summed E-state index contributed by atoms with van der Waals surface area (Å²) in [4.78, 5) is 0.336. The second-order valence-electron chi connectivity index (χ2n) is 5.51. The largest absolute Gasteiger partial charge is 0.493 e. The van der Waals surface area contributed by atoms with Crippen molar-refractivity contribution >= 4 is 23.5 Å². The molecule has 0 bridgehead atoms. The molecule has 8 nitrogen and oxygen atoms in total. The minimum atomic E-state index is 0.306. The number of ether oxygens (including phenoxy) is 2. The van der Waals surface area contributed by atoms with Crippen LogP contribution in [0.25, 0.3) is 11.3 Å². The highest BCUT2D eigenvalue weighted by Gasteiger charge is 2.22. The Morgan fingerprint density at radius 3 is 2.56 bits per heavy atom. The summed E-state index contributed by atoms with van der Waals surface area (Å²) >= 11 is 6.13. The SMILES string of the molecule is COc1cc(N/N=C/c2ccccc2Cl)c(-c2no[n+]([O-])c2C)cc1OC. The van der Waals surface area contributed by atoms with Crippen LogP contribution in [0.2, 0.25) is 5.02 Å². The van der Waals surface area contributed by atoms with Gasteiger partial charge in [-0.1, -0.05) is 29.8 Å². The maximum atomic E-state index is 11.6. The van der Waals surface area contributed by atoms with Gasteiger partial charge in [-0.05, 0) is 17.0 Å². The third kappa shape index (κ3) is 3.80. The second-order valence-corrected chi connectivity index (χ2v) is 5.92. The Kier molecular flexibility index (Phi) is 5.46. The van der Waals surface area contributed by atoms with Gasteiger partial charge in [0.05, 0.1) is 31.7 Å². The van der Waals surface area contributed by atoms with Crippen molar-refractivity contribution in [3.63, 3.8) is 0 Å². The minimum Gasteiger partial charge on any atom is -0.493 e. The first-order chi connectivity index (χ1) is 13.0. The van der Waals surface area contributed by atoms with Crippen LogP contribution < -0.4 is 19.8 Å². The summed E-state index contributed by atoms with van der Waals surface area (Å²) in [7, 11) is 3.05. The molecule has 27 heavy (non-hydrogen) atoms. The monoisotopic (exact) mass is 388 g/mol. The first kappa shape index (κ1) is 18.5. The van der Waals surface area contributed by atoms with E-state index in [0.717, 1.165) is 5.56 Å². The fourth-order valence-electron chi connectivity index (χ4n) is 2.45. The highest BCUT2D eigenvalue weighted by molar-refractivity contribution is 6.33. The number of rotatable bonds is 6. The number of benzene rings is 2. The quantitative estimate of drug-likeness (QED) is 0.395. The molecular weight excluding hydrogens is 372 g/mol. The molecule has 0 saturated heterocycles. The van der Waals surface area contributed by atoms with Crippen molar-refractivity contribution in [2.45, 2.75) is 6.92 Å². The molecule has 0 spiro atoms. The smallest absolute Gasteiger partial charge is 0.253 e. The molecule has 0 aliphatic carbocycles. The Labute approximate surface area is 160 Å². The predicted octanol–water partition coefficient (Wildman–Crippen LogP) is 3.40. The highest BCUT2D eigenvalue weighted by atomic mass is 35.5. The number of methoxy groups -OCH3 is 2. The normalized spacial score (nSPS) is 11.0. The van der Waals surface area contributed by atoms with Crippen molar-refractivity contribution in [2.75, 3.05) is 19.6 Å². The van der Waals surface area contributed by atoms with E-state index in [4.69, 9.17) is 21.1 Å². The Hall–Kier alpha value is -3.26. The molecule has 3 aromatic rings. The molecule has 1 aromatic heterocycles. The van der Waals surface area contributed by atoms with E-state index in [1.165, 1.54) is 14.2 Å². The van der Waals surface area contributed by atoms with Crippen molar-refractivity contribution in [3.8, 4) is 22.8 Å². The van der Waals surface area contributed by atoms with E-state index in [-0.39, 0.29) is 0 Å². The molecule has 0 aliphatic rings. The van der Waals surface area contributed by atoms with Gasteiger partial charge in [-0.3, -0.25) is 10.1 Å². The van der Waals surface area contributed by atoms with E-state index in [9.17, 15) is 5.21 Å². The van der Waals surface area contributed by atoms with Crippen LogP contribution in [0.5, 0.6) is 11.5 Å². The first-order valence-corrected chi connectivity index (χ1v) is 8.29. The van der Waals surface area contributed by atoms with Crippen LogP contribution in [0.15, 0.2) is 46.1 Å². The van der Waals surface area contributed by atoms with Gasteiger partial charge in [0.25, 0.3) is 5.69 Å². The summed E-state index contributed by atoms with van der Waals surface area (Å²) in [6.07, 6.45) is 1.59. The summed E-state index contributed by atoms with van der Waals surface area (Å²) in [5.74, 6) is 0.973. The van der Waals surface area contributed by atoms with Gasteiger partial charge < -0.3 is 14.7 Å². The number of hydrogen-bond acceptors (Lipinski definition) is 7. The van der Waals surface area contributed by atoms with Gasteiger partial charge in [-0.25, -0.2) is 0 Å². The molecule has 0 amide bonds. The van der Waals surface area contributed by atoms with Crippen molar-refractivity contribution in [1.29, 1.82) is 0 Å². The van der Waals surface area contributed by atoms with Gasteiger partial charge in [0.15, 0.2) is 11.5 Å². The van der Waals surface area contributed by atoms with Gasteiger partial charge in [-0.2, -0.15) is 5.10 Å². The zero-order valence-electron chi connectivity index (χ0n) is 14.9. The Balaban J connectivity index is 2.02. The lowest BCUT2D eigenvalue weighted by Gasteiger charge is -2.12. The second kappa shape index (κ2) is 7.96. The van der Waals surface area contributed by atoms with Crippen molar-refractivity contribution in [2.24, 2.45) is 5.10 Å². The van der Waals surface area contributed by atoms with Crippen LogP contribution in [0.1, 0.15) is 11.3 Å². The third-order valence-electron chi connectivity index (χ3n) is 3.90. The molecule has 0 atom stereocenters. The van der Waals surface area contributed by atoms with E-state index < -0.39 is 0 Å². The number of anilines is 1. The van der Waals surface area contributed by atoms with Gasteiger partial charge in [0, 0.05) is 28.7 Å². The van der Waals surface area contributed by atoms with Gasteiger partial charge in [0.2, 0.25) is 5.69 Å². The lowest BCUT2D eigenvalue weighted by atomic mass is 10.1. The molecule has 9 heteroatoms.